The lowest BCUT2D eigenvalue weighted by molar-refractivity contribution is -0.0446. The molecule has 1 N–H and O–H groups in total. The summed E-state index contributed by atoms with van der Waals surface area (Å²) < 4.78 is 5.39. The predicted octanol–water partition coefficient (Wildman–Crippen LogP) is 1.67. The minimum Gasteiger partial charge on any atom is -0.394 e. The third-order valence-corrected chi connectivity index (χ3v) is 3.65. The van der Waals surface area contributed by atoms with E-state index >= 15 is 0 Å². The predicted molar refractivity (Wildman–Crippen MR) is 76.7 cm³/mol. The van der Waals surface area contributed by atoms with Gasteiger partial charge in [0.2, 0.25) is 0 Å². The van der Waals surface area contributed by atoms with Crippen LogP contribution in [0.4, 0.5) is 0 Å². The summed E-state index contributed by atoms with van der Waals surface area (Å²) in [5.74, 6) is 0.00329. The SMILES string of the molecule is O=C(c1cccc2ccccc12)N1CCOC(CO)C1. The zero-order chi connectivity index (χ0) is 13.9. The van der Waals surface area contributed by atoms with Crippen LogP contribution in [0.15, 0.2) is 42.5 Å². The molecule has 20 heavy (non-hydrogen) atoms. The first-order valence-electron chi connectivity index (χ1n) is 6.79. The Morgan fingerprint density at radius 3 is 2.90 bits per heavy atom. The second-order valence-corrected chi connectivity index (χ2v) is 4.95. The Morgan fingerprint density at radius 2 is 2.05 bits per heavy atom. The van der Waals surface area contributed by atoms with E-state index in [-0.39, 0.29) is 18.6 Å². The fraction of sp³-hybridized carbons (Fsp3) is 0.312. The number of ether oxygens (including phenoxy) is 1. The molecule has 4 heteroatoms. The zero-order valence-corrected chi connectivity index (χ0v) is 11.2. The van der Waals surface area contributed by atoms with E-state index < -0.39 is 0 Å². The van der Waals surface area contributed by atoms with Gasteiger partial charge >= 0.3 is 0 Å². The van der Waals surface area contributed by atoms with Crippen LogP contribution in [0.5, 0.6) is 0 Å². The summed E-state index contributed by atoms with van der Waals surface area (Å²) in [6, 6.07) is 13.6. The number of carbonyl (C=O) groups excluding carboxylic acids is 1. The second-order valence-electron chi connectivity index (χ2n) is 4.95. The molecule has 0 aromatic heterocycles. The quantitative estimate of drug-likeness (QED) is 0.904. The molecule has 0 bridgehead atoms. The van der Waals surface area contributed by atoms with Crippen molar-refractivity contribution in [3.05, 3.63) is 48.0 Å². The van der Waals surface area contributed by atoms with Crippen molar-refractivity contribution in [3.63, 3.8) is 0 Å². The molecule has 104 valence electrons. The normalized spacial score (nSPS) is 19.2. The lowest BCUT2D eigenvalue weighted by atomic mass is 10.0. The van der Waals surface area contributed by atoms with Crippen LogP contribution in [-0.4, -0.2) is 48.3 Å². The zero-order valence-electron chi connectivity index (χ0n) is 11.2. The first-order chi connectivity index (χ1) is 9.79. The van der Waals surface area contributed by atoms with Crippen LogP contribution in [0.3, 0.4) is 0 Å². The Bertz CT molecular complexity index is 621. The molecule has 1 aliphatic rings. The number of carbonyl (C=O) groups is 1. The molecular weight excluding hydrogens is 254 g/mol. The van der Waals surface area contributed by atoms with Crippen molar-refractivity contribution in [1.29, 1.82) is 0 Å². The Hall–Kier alpha value is -1.91. The number of rotatable bonds is 2. The molecule has 4 nitrogen and oxygen atoms in total. The molecule has 0 radical (unpaired) electrons. The van der Waals surface area contributed by atoms with E-state index in [0.717, 1.165) is 10.8 Å². The minimum atomic E-state index is -0.275. The molecule has 2 aromatic carbocycles. The molecule has 3 rings (SSSR count). The number of hydrogen-bond donors (Lipinski definition) is 1. The highest BCUT2D eigenvalue weighted by Crippen LogP contribution is 2.21. The van der Waals surface area contributed by atoms with Crippen molar-refractivity contribution in [3.8, 4) is 0 Å². The van der Waals surface area contributed by atoms with Gasteiger partial charge in [0.1, 0.15) is 0 Å². The van der Waals surface area contributed by atoms with Crippen LogP contribution in [0.25, 0.3) is 10.8 Å². The first kappa shape index (κ1) is 13.1. The Balaban J connectivity index is 1.92. The second kappa shape index (κ2) is 5.61. The van der Waals surface area contributed by atoms with Crippen LogP contribution in [0.2, 0.25) is 0 Å². The third-order valence-electron chi connectivity index (χ3n) is 3.65. The van der Waals surface area contributed by atoms with E-state index in [0.29, 0.717) is 25.3 Å². The minimum absolute atomic E-state index is 0.00329. The van der Waals surface area contributed by atoms with Gasteiger partial charge < -0.3 is 14.7 Å². The van der Waals surface area contributed by atoms with Gasteiger partial charge in [-0.1, -0.05) is 36.4 Å². The highest BCUT2D eigenvalue weighted by molar-refractivity contribution is 6.07. The fourth-order valence-electron chi connectivity index (χ4n) is 2.60. The molecule has 0 spiro atoms. The molecule has 0 aliphatic carbocycles. The molecule has 1 heterocycles. The largest absolute Gasteiger partial charge is 0.394 e. The summed E-state index contributed by atoms with van der Waals surface area (Å²) in [6.07, 6.45) is -0.275. The lowest BCUT2D eigenvalue weighted by Crippen LogP contribution is -2.46. The van der Waals surface area contributed by atoms with Gasteiger partial charge in [0.15, 0.2) is 0 Å². The molecule has 1 fully saturated rings. The van der Waals surface area contributed by atoms with Crippen molar-refractivity contribution in [2.24, 2.45) is 0 Å². The highest BCUT2D eigenvalue weighted by atomic mass is 16.5. The van der Waals surface area contributed by atoms with E-state index in [4.69, 9.17) is 9.84 Å². The highest BCUT2D eigenvalue weighted by Gasteiger charge is 2.25. The Kier molecular flexibility index (Phi) is 3.67. The third kappa shape index (κ3) is 2.40. The monoisotopic (exact) mass is 271 g/mol. The molecule has 1 amide bonds. The summed E-state index contributed by atoms with van der Waals surface area (Å²) in [5, 5.41) is 11.2. The average Bonchev–Trinajstić information content (AvgIpc) is 2.53. The van der Waals surface area contributed by atoms with Crippen LogP contribution in [0.1, 0.15) is 10.4 Å². The smallest absolute Gasteiger partial charge is 0.254 e. The van der Waals surface area contributed by atoms with E-state index in [1.165, 1.54) is 0 Å². The molecule has 1 unspecified atom stereocenters. The maximum Gasteiger partial charge on any atom is 0.254 e. The summed E-state index contributed by atoms with van der Waals surface area (Å²) in [5.41, 5.74) is 0.710. The summed E-state index contributed by atoms with van der Waals surface area (Å²) in [7, 11) is 0. The van der Waals surface area contributed by atoms with Crippen molar-refractivity contribution in [2.75, 3.05) is 26.3 Å². The molecule has 1 aliphatic heterocycles. The van der Waals surface area contributed by atoms with E-state index in [1.54, 1.807) is 4.90 Å². The van der Waals surface area contributed by atoms with Gasteiger partial charge in [-0.05, 0) is 16.8 Å². The Morgan fingerprint density at radius 1 is 1.25 bits per heavy atom. The number of aliphatic hydroxyl groups excluding tert-OH is 1. The van der Waals surface area contributed by atoms with Gasteiger partial charge in [-0.25, -0.2) is 0 Å². The number of aliphatic hydroxyl groups is 1. The fourth-order valence-corrected chi connectivity index (χ4v) is 2.60. The first-order valence-corrected chi connectivity index (χ1v) is 6.79. The van der Waals surface area contributed by atoms with Crippen molar-refractivity contribution in [1.82, 2.24) is 4.90 Å². The van der Waals surface area contributed by atoms with Crippen LogP contribution >= 0.6 is 0 Å². The number of hydrogen-bond acceptors (Lipinski definition) is 3. The van der Waals surface area contributed by atoms with E-state index in [1.807, 2.05) is 42.5 Å². The number of nitrogens with zero attached hydrogens (tertiary/aromatic N) is 1. The molecular formula is C16H17NO3. The van der Waals surface area contributed by atoms with Gasteiger partial charge in [-0.3, -0.25) is 4.79 Å². The molecule has 0 saturated carbocycles. The van der Waals surface area contributed by atoms with Gasteiger partial charge in [0, 0.05) is 18.7 Å². The Labute approximate surface area is 117 Å². The van der Waals surface area contributed by atoms with Gasteiger partial charge in [0.05, 0.1) is 19.3 Å². The van der Waals surface area contributed by atoms with Gasteiger partial charge in [-0.15, -0.1) is 0 Å². The summed E-state index contributed by atoms with van der Waals surface area (Å²) in [4.78, 5) is 14.4. The number of benzene rings is 2. The summed E-state index contributed by atoms with van der Waals surface area (Å²) >= 11 is 0. The van der Waals surface area contributed by atoms with Gasteiger partial charge in [-0.2, -0.15) is 0 Å². The van der Waals surface area contributed by atoms with Crippen molar-refractivity contribution >= 4 is 16.7 Å². The van der Waals surface area contributed by atoms with Gasteiger partial charge in [0.25, 0.3) is 5.91 Å². The lowest BCUT2D eigenvalue weighted by Gasteiger charge is -2.32. The van der Waals surface area contributed by atoms with E-state index in [2.05, 4.69) is 0 Å². The maximum atomic E-state index is 12.7. The van der Waals surface area contributed by atoms with Crippen LogP contribution < -0.4 is 0 Å². The number of amides is 1. The van der Waals surface area contributed by atoms with E-state index in [9.17, 15) is 4.79 Å². The number of fused-ring (bicyclic) bond motifs is 1. The molecule has 2 aromatic rings. The topological polar surface area (TPSA) is 49.8 Å². The van der Waals surface area contributed by atoms with Crippen LogP contribution in [-0.2, 0) is 4.74 Å². The molecule has 1 saturated heterocycles. The van der Waals surface area contributed by atoms with Crippen LogP contribution in [0, 0.1) is 0 Å². The number of morpholine rings is 1. The standard InChI is InChI=1S/C16H17NO3/c18-11-13-10-17(8-9-20-13)16(19)15-7-3-5-12-4-1-2-6-14(12)15/h1-7,13,18H,8-11H2. The summed E-state index contributed by atoms with van der Waals surface area (Å²) in [6.45, 7) is 1.43. The van der Waals surface area contributed by atoms with Crippen molar-refractivity contribution in [2.45, 2.75) is 6.10 Å². The maximum absolute atomic E-state index is 12.7. The van der Waals surface area contributed by atoms with Crippen molar-refractivity contribution < 1.29 is 14.6 Å². The average molecular weight is 271 g/mol. The molecule has 1 atom stereocenters.